The monoisotopic (exact) mass is 428 g/mol. The molecule has 1 N–H and O–H groups in total. The summed E-state index contributed by atoms with van der Waals surface area (Å²) >= 11 is 0. The van der Waals surface area contributed by atoms with E-state index in [1.807, 2.05) is 20.8 Å². The predicted molar refractivity (Wildman–Crippen MR) is 109 cm³/mol. The molecule has 0 bridgehead atoms. The van der Waals surface area contributed by atoms with Crippen LogP contribution in [-0.4, -0.2) is 68.7 Å². The van der Waals surface area contributed by atoms with Gasteiger partial charge in [-0.15, -0.1) is 0 Å². The van der Waals surface area contributed by atoms with Crippen molar-refractivity contribution in [3.8, 4) is 5.75 Å². The van der Waals surface area contributed by atoms with Gasteiger partial charge in [0.05, 0.1) is 18.1 Å². The zero-order chi connectivity index (χ0) is 22.0. The van der Waals surface area contributed by atoms with Crippen molar-refractivity contribution in [2.75, 3.05) is 34.3 Å². The Morgan fingerprint density at radius 1 is 1.24 bits per heavy atom. The van der Waals surface area contributed by atoms with Crippen LogP contribution in [0.5, 0.6) is 5.75 Å². The van der Waals surface area contributed by atoms with Crippen LogP contribution in [0.3, 0.4) is 0 Å². The molecule has 1 saturated heterocycles. The molecule has 1 amide bonds. The Bertz CT molecular complexity index is 824. The highest BCUT2D eigenvalue weighted by Gasteiger charge is 2.33. The molecule has 1 atom stereocenters. The number of nitrogens with zero attached hydrogens (tertiary/aromatic N) is 2. The van der Waals surface area contributed by atoms with Crippen LogP contribution in [0.2, 0.25) is 0 Å². The number of ether oxygens (including phenoxy) is 2. The van der Waals surface area contributed by atoms with E-state index < -0.39 is 21.7 Å². The third-order valence-electron chi connectivity index (χ3n) is 4.93. The van der Waals surface area contributed by atoms with E-state index in [0.29, 0.717) is 37.2 Å². The van der Waals surface area contributed by atoms with Crippen LogP contribution >= 0.6 is 0 Å². The van der Waals surface area contributed by atoms with Crippen molar-refractivity contribution in [1.82, 2.24) is 9.21 Å². The fraction of sp³-hybridized carbons (Fsp3) is 0.650. The van der Waals surface area contributed by atoms with Crippen molar-refractivity contribution in [1.29, 1.82) is 0 Å². The second kappa shape index (κ2) is 8.89. The molecule has 1 aliphatic rings. The minimum atomic E-state index is -3.73. The number of rotatable bonds is 5. The molecule has 2 rings (SSSR count). The highest BCUT2D eigenvalue weighted by Crippen LogP contribution is 2.36. The molecule has 164 valence electrons. The number of amides is 1. The highest BCUT2D eigenvalue weighted by molar-refractivity contribution is 7.89. The van der Waals surface area contributed by atoms with Crippen LogP contribution in [-0.2, 0) is 14.8 Å². The fourth-order valence-corrected chi connectivity index (χ4v) is 4.41. The second-order valence-electron chi connectivity index (χ2n) is 8.44. The van der Waals surface area contributed by atoms with Gasteiger partial charge in [0.1, 0.15) is 11.4 Å². The minimum Gasteiger partial charge on any atom is -0.497 e. The summed E-state index contributed by atoms with van der Waals surface area (Å²) in [6.07, 6.45) is -0.281. The summed E-state index contributed by atoms with van der Waals surface area (Å²) in [6, 6.07) is 4.60. The Morgan fingerprint density at radius 3 is 2.31 bits per heavy atom. The molecule has 9 heteroatoms. The molecule has 1 fully saturated rings. The van der Waals surface area contributed by atoms with Crippen molar-refractivity contribution < 1.29 is 27.8 Å². The molecule has 29 heavy (non-hydrogen) atoms. The van der Waals surface area contributed by atoms with E-state index in [-0.39, 0.29) is 16.9 Å². The first-order valence-electron chi connectivity index (χ1n) is 9.63. The summed E-state index contributed by atoms with van der Waals surface area (Å²) in [5.41, 5.74) is -0.252. The maximum Gasteiger partial charge on any atom is 0.410 e. The summed E-state index contributed by atoms with van der Waals surface area (Å²) < 4.78 is 37.2. The van der Waals surface area contributed by atoms with E-state index in [9.17, 15) is 18.3 Å². The highest BCUT2D eigenvalue weighted by atomic mass is 32.2. The van der Waals surface area contributed by atoms with E-state index in [1.165, 1.54) is 27.3 Å². The Kier molecular flexibility index (Phi) is 7.19. The van der Waals surface area contributed by atoms with Crippen LogP contribution in [0.15, 0.2) is 23.1 Å². The molecule has 8 nitrogen and oxygen atoms in total. The molecular weight excluding hydrogens is 396 g/mol. The lowest BCUT2D eigenvalue weighted by Crippen LogP contribution is -2.42. The quantitative estimate of drug-likeness (QED) is 0.774. The van der Waals surface area contributed by atoms with E-state index in [4.69, 9.17) is 9.47 Å². The lowest BCUT2D eigenvalue weighted by atomic mass is 9.87. The fourth-order valence-electron chi connectivity index (χ4n) is 3.29. The topological polar surface area (TPSA) is 96.4 Å². The number of carbonyl (C=O) groups excluding carboxylic acids is 1. The molecule has 0 radical (unpaired) electrons. The van der Waals surface area contributed by atoms with E-state index in [1.54, 1.807) is 17.0 Å². The third-order valence-corrected chi connectivity index (χ3v) is 6.82. The standard InChI is InChI=1S/C20H32N2O6S/c1-20(2,3)28-19(24)22-11-9-14(10-12-22)18(23)16-13-15(27-6)7-8-17(16)29(25,26)21(4)5/h7-8,13-14,18,23H,9-12H2,1-6H3. The number of aliphatic hydroxyl groups excluding tert-OH is 1. The number of aliphatic hydroxyl groups is 1. The van der Waals surface area contributed by atoms with Gasteiger partial charge in [-0.05, 0) is 57.7 Å². The number of piperidine rings is 1. The van der Waals surface area contributed by atoms with Gasteiger partial charge in [0.15, 0.2) is 0 Å². The number of methoxy groups -OCH3 is 1. The van der Waals surface area contributed by atoms with Crippen LogP contribution < -0.4 is 4.74 Å². The van der Waals surface area contributed by atoms with E-state index in [2.05, 4.69) is 0 Å². The van der Waals surface area contributed by atoms with Crippen LogP contribution in [0.25, 0.3) is 0 Å². The summed E-state index contributed by atoms with van der Waals surface area (Å²) in [7, 11) is 0.670. The van der Waals surface area contributed by atoms with Crippen molar-refractivity contribution in [3.05, 3.63) is 23.8 Å². The molecule has 1 aromatic rings. The Morgan fingerprint density at radius 2 is 1.83 bits per heavy atom. The van der Waals surface area contributed by atoms with Crippen LogP contribution in [0.4, 0.5) is 4.79 Å². The van der Waals surface area contributed by atoms with Gasteiger partial charge in [0, 0.05) is 32.7 Å². The van der Waals surface area contributed by atoms with Crippen molar-refractivity contribution >= 4 is 16.1 Å². The summed E-state index contributed by atoms with van der Waals surface area (Å²) in [5, 5.41) is 11.0. The molecule has 0 saturated carbocycles. The van der Waals surface area contributed by atoms with Crippen LogP contribution in [0.1, 0.15) is 45.3 Å². The van der Waals surface area contributed by atoms with Crippen molar-refractivity contribution in [3.63, 3.8) is 0 Å². The van der Waals surface area contributed by atoms with Crippen LogP contribution in [0, 0.1) is 5.92 Å². The van der Waals surface area contributed by atoms with Gasteiger partial charge >= 0.3 is 6.09 Å². The van der Waals surface area contributed by atoms with Gasteiger partial charge in [-0.3, -0.25) is 0 Å². The average Bonchev–Trinajstić information content (AvgIpc) is 2.65. The largest absolute Gasteiger partial charge is 0.497 e. The number of hydrogen-bond donors (Lipinski definition) is 1. The number of carbonyl (C=O) groups is 1. The first-order valence-corrected chi connectivity index (χ1v) is 11.1. The smallest absolute Gasteiger partial charge is 0.410 e. The van der Waals surface area contributed by atoms with Gasteiger partial charge in [-0.2, -0.15) is 0 Å². The normalized spacial score (nSPS) is 17.3. The SMILES string of the molecule is COc1ccc(S(=O)(=O)N(C)C)c(C(O)C2CCN(C(=O)OC(C)(C)C)CC2)c1. The average molecular weight is 429 g/mol. The first-order chi connectivity index (χ1) is 13.4. The first kappa shape index (κ1) is 23.4. The molecule has 1 unspecified atom stereocenters. The Balaban J connectivity index is 2.21. The summed E-state index contributed by atoms with van der Waals surface area (Å²) in [6.45, 7) is 6.33. The second-order valence-corrected chi connectivity index (χ2v) is 10.6. The number of sulfonamides is 1. The van der Waals surface area contributed by atoms with Gasteiger partial charge in [-0.1, -0.05) is 0 Å². The molecule has 1 aromatic carbocycles. The summed E-state index contributed by atoms with van der Waals surface area (Å²) in [4.78, 5) is 13.9. The van der Waals surface area contributed by atoms with E-state index >= 15 is 0 Å². The molecular formula is C20H32N2O6S. The van der Waals surface area contributed by atoms with Gasteiger partial charge in [0.2, 0.25) is 10.0 Å². The maximum atomic E-state index is 12.7. The zero-order valence-electron chi connectivity index (χ0n) is 18.0. The molecule has 0 aromatic heterocycles. The Hall–Kier alpha value is -1.84. The third kappa shape index (κ3) is 5.61. The van der Waals surface area contributed by atoms with Gasteiger partial charge in [-0.25, -0.2) is 17.5 Å². The lowest BCUT2D eigenvalue weighted by molar-refractivity contribution is 0.00732. The number of benzene rings is 1. The maximum absolute atomic E-state index is 12.7. The zero-order valence-corrected chi connectivity index (χ0v) is 18.8. The molecule has 1 heterocycles. The van der Waals surface area contributed by atoms with Crippen molar-refractivity contribution in [2.45, 2.75) is 50.2 Å². The van der Waals surface area contributed by atoms with Crippen molar-refractivity contribution in [2.24, 2.45) is 5.92 Å². The van der Waals surface area contributed by atoms with E-state index in [0.717, 1.165) is 4.31 Å². The minimum absolute atomic E-state index is 0.0605. The lowest BCUT2D eigenvalue weighted by Gasteiger charge is -2.35. The number of hydrogen-bond acceptors (Lipinski definition) is 6. The predicted octanol–water partition coefficient (Wildman–Crippen LogP) is 2.63. The summed E-state index contributed by atoms with van der Waals surface area (Å²) in [5.74, 6) is 0.292. The number of likely N-dealkylation sites (tertiary alicyclic amines) is 1. The molecule has 1 aliphatic heterocycles. The van der Waals surface area contributed by atoms with Gasteiger partial charge < -0.3 is 19.5 Å². The molecule has 0 spiro atoms. The van der Waals surface area contributed by atoms with Gasteiger partial charge in [0.25, 0.3) is 0 Å². The molecule has 0 aliphatic carbocycles. The Labute approximate surface area is 173 Å².